The van der Waals surface area contributed by atoms with Gasteiger partial charge < -0.3 is 9.72 Å². The first-order valence-electron chi connectivity index (χ1n) is 8.50. The Morgan fingerprint density at radius 2 is 1.64 bits per heavy atom. The van der Waals surface area contributed by atoms with Crippen molar-refractivity contribution in [1.29, 1.82) is 0 Å². The van der Waals surface area contributed by atoms with Crippen LogP contribution in [0.15, 0.2) is 79.0 Å². The van der Waals surface area contributed by atoms with Crippen LogP contribution < -0.4 is 5.32 Å². The van der Waals surface area contributed by atoms with Crippen molar-refractivity contribution in [3.8, 4) is 11.1 Å². The highest BCUT2D eigenvalue weighted by Gasteiger charge is 2.24. The number of ketones is 1. The first kappa shape index (κ1) is 18.4. The van der Waals surface area contributed by atoms with Gasteiger partial charge in [0, 0.05) is 26.5 Å². The van der Waals surface area contributed by atoms with Crippen molar-refractivity contribution in [2.75, 3.05) is 5.32 Å². The number of hydrogen-bond acceptors (Lipinski definition) is 2. The summed E-state index contributed by atoms with van der Waals surface area (Å²) in [5, 5.41) is 2.64. The Labute approximate surface area is 174 Å². The molecule has 1 N–H and O–H groups in total. The van der Waals surface area contributed by atoms with E-state index in [1.165, 1.54) is 12.1 Å². The normalized spacial score (nSPS) is 10.8. The highest BCUT2D eigenvalue weighted by molar-refractivity contribution is 14.1. The molecule has 0 saturated heterocycles. The molecule has 2 heterocycles. The Morgan fingerprint density at radius 3 is 2.36 bits per heavy atom. The molecule has 6 heteroatoms. The number of carbonyl (C=O) groups excluding carboxylic acids is 2. The summed E-state index contributed by atoms with van der Waals surface area (Å²) in [4.78, 5) is 25.7. The van der Waals surface area contributed by atoms with Crippen molar-refractivity contribution in [2.24, 2.45) is 0 Å². The van der Waals surface area contributed by atoms with E-state index in [1.807, 2.05) is 30.3 Å². The molecule has 28 heavy (non-hydrogen) atoms. The number of carbonyl (C=O) groups is 2. The zero-order chi connectivity index (χ0) is 19.7. The fourth-order valence-electron chi connectivity index (χ4n) is 3.03. The van der Waals surface area contributed by atoms with Crippen molar-refractivity contribution in [3.63, 3.8) is 0 Å². The van der Waals surface area contributed by atoms with Crippen LogP contribution in [-0.2, 0) is 4.79 Å². The van der Waals surface area contributed by atoms with Crippen molar-refractivity contribution in [2.45, 2.75) is 0 Å². The first-order valence-corrected chi connectivity index (χ1v) is 9.58. The van der Waals surface area contributed by atoms with Gasteiger partial charge >= 0.3 is 0 Å². The van der Waals surface area contributed by atoms with E-state index in [9.17, 15) is 14.0 Å². The van der Waals surface area contributed by atoms with Gasteiger partial charge in [0.2, 0.25) is 0 Å². The lowest BCUT2D eigenvalue weighted by Crippen LogP contribution is -2.24. The number of fused-ring (bicyclic) bond motifs is 1. The second-order valence-corrected chi connectivity index (χ2v) is 7.44. The van der Waals surface area contributed by atoms with Crippen molar-refractivity contribution >= 4 is 45.5 Å². The largest absolute Gasteiger partial charge is 0.319 e. The van der Waals surface area contributed by atoms with E-state index >= 15 is 0 Å². The van der Waals surface area contributed by atoms with E-state index in [4.69, 9.17) is 0 Å². The van der Waals surface area contributed by atoms with E-state index in [-0.39, 0.29) is 11.5 Å². The van der Waals surface area contributed by atoms with Crippen molar-refractivity contribution < 1.29 is 14.0 Å². The van der Waals surface area contributed by atoms with E-state index in [2.05, 4.69) is 27.9 Å². The number of nitrogens with zero attached hydrogens (tertiary/aromatic N) is 1. The highest BCUT2D eigenvalue weighted by Crippen LogP contribution is 2.29. The second kappa shape index (κ2) is 7.55. The fraction of sp³-hybridized carbons (Fsp3) is 0. The molecule has 0 saturated carbocycles. The average Bonchev–Trinajstić information content (AvgIpc) is 3.09. The summed E-state index contributed by atoms with van der Waals surface area (Å²) in [6.45, 7) is 0. The molecule has 0 aliphatic rings. The first-order chi connectivity index (χ1) is 13.5. The van der Waals surface area contributed by atoms with Crippen LogP contribution in [0.3, 0.4) is 0 Å². The van der Waals surface area contributed by atoms with Crippen LogP contribution in [0.4, 0.5) is 10.1 Å². The summed E-state index contributed by atoms with van der Waals surface area (Å²) < 4.78 is 16.0. The molecule has 2 aromatic heterocycles. The summed E-state index contributed by atoms with van der Waals surface area (Å²) in [5.74, 6) is -1.76. The van der Waals surface area contributed by atoms with Gasteiger partial charge in [0.15, 0.2) is 0 Å². The lowest BCUT2D eigenvalue weighted by atomic mass is 10.0. The third-order valence-corrected chi connectivity index (χ3v) is 5.08. The van der Waals surface area contributed by atoms with Crippen LogP contribution in [0.25, 0.3) is 16.6 Å². The van der Waals surface area contributed by atoms with Crippen LogP contribution in [0.5, 0.6) is 0 Å². The summed E-state index contributed by atoms with van der Waals surface area (Å²) in [6, 6.07) is 20.3. The maximum atomic E-state index is 13.3. The molecule has 0 aliphatic carbocycles. The zero-order valence-electron chi connectivity index (χ0n) is 14.5. The van der Waals surface area contributed by atoms with Gasteiger partial charge in [-0.2, -0.15) is 0 Å². The third kappa shape index (κ3) is 3.55. The van der Waals surface area contributed by atoms with Gasteiger partial charge in [0.05, 0.1) is 0 Å². The minimum absolute atomic E-state index is 0.241. The maximum absolute atomic E-state index is 13.3. The lowest BCUT2D eigenvalue weighted by molar-refractivity contribution is -0.112. The summed E-state index contributed by atoms with van der Waals surface area (Å²) in [7, 11) is 0. The van der Waals surface area contributed by atoms with Gasteiger partial charge in [0.25, 0.3) is 11.7 Å². The number of halogens is 2. The smallest absolute Gasteiger partial charge is 0.298 e. The molecule has 0 spiro atoms. The minimum Gasteiger partial charge on any atom is -0.319 e. The maximum Gasteiger partial charge on any atom is 0.298 e. The lowest BCUT2D eigenvalue weighted by Gasteiger charge is -2.08. The number of anilines is 1. The van der Waals surface area contributed by atoms with E-state index in [1.54, 1.807) is 40.9 Å². The molecule has 0 radical (unpaired) electrons. The monoisotopic (exact) mass is 484 g/mol. The standard InChI is InChI=1S/C22H14FIN2O2/c23-15-6-4-14(5-7-15)19-13-18-3-1-2-12-26(18)20(19)21(27)22(28)25-17-10-8-16(24)9-11-17/h1-13H,(H,25,28). The molecule has 4 rings (SSSR count). The molecule has 0 bridgehead atoms. The Morgan fingerprint density at radius 1 is 0.929 bits per heavy atom. The number of aromatic nitrogens is 1. The molecule has 0 aliphatic heterocycles. The Bertz CT molecular complexity index is 1180. The topological polar surface area (TPSA) is 50.6 Å². The Balaban J connectivity index is 1.76. The van der Waals surface area contributed by atoms with Gasteiger partial charge in [0.1, 0.15) is 11.5 Å². The molecule has 4 aromatic rings. The predicted octanol–water partition coefficient (Wildman–Crippen LogP) is 5.17. The third-order valence-electron chi connectivity index (χ3n) is 4.36. The van der Waals surface area contributed by atoms with Gasteiger partial charge in [-0.15, -0.1) is 0 Å². The molecule has 0 fully saturated rings. The van der Waals surface area contributed by atoms with Crippen LogP contribution in [0.2, 0.25) is 0 Å². The molecular formula is C22H14FIN2O2. The quantitative estimate of drug-likeness (QED) is 0.247. The minimum atomic E-state index is -0.728. The van der Waals surface area contributed by atoms with Crippen LogP contribution in [-0.4, -0.2) is 16.1 Å². The van der Waals surface area contributed by atoms with Gasteiger partial charge in [-0.1, -0.05) is 18.2 Å². The molecule has 1 amide bonds. The molecule has 0 unspecified atom stereocenters. The van der Waals surface area contributed by atoms with Crippen molar-refractivity contribution in [1.82, 2.24) is 4.40 Å². The number of hydrogen-bond donors (Lipinski definition) is 1. The van der Waals surface area contributed by atoms with Crippen LogP contribution in [0.1, 0.15) is 10.5 Å². The summed E-state index contributed by atoms with van der Waals surface area (Å²) >= 11 is 2.16. The van der Waals surface area contributed by atoms with E-state index < -0.39 is 11.7 Å². The Kier molecular flexibility index (Phi) is 4.95. The van der Waals surface area contributed by atoms with Crippen LogP contribution in [0, 0.1) is 9.39 Å². The number of pyridine rings is 1. The number of nitrogens with one attached hydrogen (secondary N) is 1. The molecule has 0 atom stereocenters. The second-order valence-electron chi connectivity index (χ2n) is 6.20. The fourth-order valence-corrected chi connectivity index (χ4v) is 3.39. The van der Waals surface area contributed by atoms with Crippen molar-refractivity contribution in [3.05, 3.63) is 94.1 Å². The van der Waals surface area contributed by atoms with Crippen LogP contribution >= 0.6 is 22.6 Å². The number of benzene rings is 2. The molecule has 2 aromatic carbocycles. The summed E-state index contributed by atoms with van der Waals surface area (Å²) in [5.41, 5.74) is 2.80. The van der Waals surface area contributed by atoms with Gasteiger partial charge in [-0.05, 0) is 82.8 Å². The predicted molar refractivity (Wildman–Crippen MR) is 115 cm³/mol. The highest BCUT2D eigenvalue weighted by atomic mass is 127. The van der Waals surface area contributed by atoms with E-state index in [0.717, 1.165) is 9.09 Å². The SMILES string of the molecule is O=C(Nc1ccc(I)cc1)C(=O)c1c(-c2ccc(F)cc2)cc2ccccn12. The average molecular weight is 484 g/mol. The molecule has 4 nitrogen and oxygen atoms in total. The number of Topliss-reactive ketones (excluding diaryl/α,β-unsaturated/α-hetero) is 1. The van der Waals surface area contributed by atoms with Gasteiger partial charge in [-0.3, -0.25) is 9.59 Å². The number of rotatable bonds is 4. The van der Waals surface area contributed by atoms with E-state index in [0.29, 0.717) is 16.8 Å². The van der Waals surface area contributed by atoms with Gasteiger partial charge in [-0.25, -0.2) is 4.39 Å². The molecular weight excluding hydrogens is 470 g/mol. The Hall–Kier alpha value is -3.00. The summed E-state index contributed by atoms with van der Waals surface area (Å²) in [6.07, 6.45) is 1.73. The number of amides is 1. The zero-order valence-corrected chi connectivity index (χ0v) is 16.7. The molecule has 138 valence electrons.